The van der Waals surface area contributed by atoms with E-state index in [-0.39, 0.29) is 18.7 Å². The number of aromatic nitrogens is 1. The van der Waals surface area contributed by atoms with Gasteiger partial charge in [-0.3, -0.25) is 4.90 Å². The van der Waals surface area contributed by atoms with E-state index in [0.717, 1.165) is 41.3 Å². The zero-order valence-electron chi connectivity index (χ0n) is 16.1. The number of benzene rings is 2. The number of likely N-dealkylation sites (tertiary alicyclic amines) is 1. The first-order valence-electron chi connectivity index (χ1n) is 10.0. The van der Waals surface area contributed by atoms with Gasteiger partial charge >= 0.3 is 0 Å². The van der Waals surface area contributed by atoms with Gasteiger partial charge in [0.1, 0.15) is 5.01 Å². The number of aliphatic hydroxyl groups excluding tert-OH is 1. The summed E-state index contributed by atoms with van der Waals surface area (Å²) in [5.74, 6) is 6.98. The zero-order chi connectivity index (χ0) is 19.6. The molecule has 2 N–H and O–H groups in total. The van der Waals surface area contributed by atoms with Crippen molar-refractivity contribution in [3.8, 4) is 11.8 Å². The molecule has 2 aromatic carbocycles. The topological polar surface area (TPSA) is 48.4 Å². The molecular weight excluding hydrogens is 378 g/mol. The predicted octanol–water partition coefficient (Wildman–Crippen LogP) is 3.89. The van der Waals surface area contributed by atoms with E-state index in [1.54, 1.807) is 11.3 Å². The second kappa shape index (κ2) is 8.00. The molecule has 0 unspecified atom stereocenters. The highest BCUT2D eigenvalue weighted by Crippen LogP contribution is 2.47. The van der Waals surface area contributed by atoms with Gasteiger partial charge in [0.05, 0.1) is 19.2 Å². The Labute approximate surface area is 175 Å². The number of fused-ring (bicyclic) bond motifs is 3. The van der Waals surface area contributed by atoms with E-state index in [0.29, 0.717) is 5.92 Å². The van der Waals surface area contributed by atoms with Crippen molar-refractivity contribution in [2.45, 2.75) is 25.0 Å². The summed E-state index contributed by atoms with van der Waals surface area (Å²) in [5.41, 5.74) is 4.44. The molecule has 3 heterocycles. The highest BCUT2D eigenvalue weighted by atomic mass is 32.1. The number of nitrogens with one attached hydrogen (secondary N) is 1. The van der Waals surface area contributed by atoms with Gasteiger partial charge in [0, 0.05) is 40.4 Å². The molecule has 1 aromatic heterocycles. The molecule has 5 heteroatoms. The third kappa shape index (κ3) is 3.67. The minimum absolute atomic E-state index is 0.0926. The van der Waals surface area contributed by atoms with Crippen LogP contribution in [0.15, 0.2) is 60.1 Å². The predicted molar refractivity (Wildman–Crippen MR) is 117 cm³/mol. The first-order valence-corrected chi connectivity index (χ1v) is 10.9. The number of hydrogen-bond donors (Lipinski definition) is 2. The van der Waals surface area contributed by atoms with Crippen molar-refractivity contribution in [1.29, 1.82) is 0 Å². The van der Waals surface area contributed by atoms with Crippen LogP contribution in [-0.2, 0) is 6.54 Å². The summed E-state index contributed by atoms with van der Waals surface area (Å²) in [6, 6.07) is 16.9. The van der Waals surface area contributed by atoms with Gasteiger partial charge in [-0.15, -0.1) is 11.3 Å². The Morgan fingerprint density at radius 1 is 1.14 bits per heavy atom. The molecule has 0 radical (unpaired) electrons. The molecule has 3 aromatic rings. The SMILES string of the molecule is OC[C@@H]1Nc2ccc(C#Cc3ccccc3)cc2[C@@H]2[C@H]1CCN2Cc1nccs1. The van der Waals surface area contributed by atoms with Crippen molar-refractivity contribution in [3.63, 3.8) is 0 Å². The van der Waals surface area contributed by atoms with Crippen LogP contribution in [0.4, 0.5) is 5.69 Å². The molecule has 2 aliphatic rings. The number of nitrogens with zero attached hydrogens (tertiary/aromatic N) is 2. The maximum atomic E-state index is 9.96. The van der Waals surface area contributed by atoms with E-state index >= 15 is 0 Å². The number of rotatable bonds is 3. The van der Waals surface area contributed by atoms with Gasteiger partial charge < -0.3 is 10.4 Å². The molecule has 4 nitrogen and oxygen atoms in total. The second-order valence-electron chi connectivity index (χ2n) is 7.65. The van der Waals surface area contributed by atoms with Crippen molar-refractivity contribution in [2.24, 2.45) is 5.92 Å². The zero-order valence-corrected chi connectivity index (χ0v) is 16.9. The van der Waals surface area contributed by atoms with Gasteiger partial charge in [0.25, 0.3) is 0 Å². The van der Waals surface area contributed by atoms with Crippen LogP contribution >= 0.6 is 11.3 Å². The lowest BCUT2D eigenvalue weighted by molar-refractivity contribution is 0.172. The average Bonchev–Trinajstić information content (AvgIpc) is 3.43. The van der Waals surface area contributed by atoms with Gasteiger partial charge in [-0.1, -0.05) is 30.0 Å². The summed E-state index contributed by atoms with van der Waals surface area (Å²) in [7, 11) is 0. The summed E-state index contributed by atoms with van der Waals surface area (Å²) in [6.45, 7) is 2.03. The molecule has 0 saturated carbocycles. The summed E-state index contributed by atoms with van der Waals surface area (Å²) < 4.78 is 0. The lowest BCUT2D eigenvalue weighted by Gasteiger charge is -2.39. The van der Waals surface area contributed by atoms with Crippen molar-refractivity contribution in [2.75, 3.05) is 18.5 Å². The Balaban J connectivity index is 1.49. The van der Waals surface area contributed by atoms with E-state index in [1.165, 1.54) is 5.56 Å². The summed E-state index contributed by atoms with van der Waals surface area (Å²) in [5, 5.41) is 16.7. The second-order valence-corrected chi connectivity index (χ2v) is 8.62. The Hall–Kier alpha value is -2.65. The summed E-state index contributed by atoms with van der Waals surface area (Å²) in [6.07, 6.45) is 2.95. The molecule has 3 atom stereocenters. The van der Waals surface area contributed by atoms with Crippen molar-refractivity contribution in [3.05, 3.63) is 81.8 Å². The van der Waals surface area contributed by atoms with Crippen molar-refractivity contribution < 1.29 is 5.11 Å². The molecule has 0 aliphatic carbocycles. The Morgan fingerprint density at radius 2 is 2.00 bits per heavy atom. The van der Waals surface area contributed by atoms with Crippen LogP contribution in [0.1, 0.15) is 34.2 Å². The fraction of sp³-hybridized carbons (Fsp3) is 0.292. The van der Waals surface area contributed by atoms with Crippen molar-refractivity contribution >= 4 is 17.0 Å². The Morgan fingerprint density at radius 3 is 2.79 bits per heavy atom. The Kier molecular flexibility index (Phi) is 5.07. The number of hydrogen-bond acceptors (Lipinski definition) is 5. The van der Waals surface area contributed by atoms with E-state index in [9.17, 15) is 5.11 Å². The van der Waals surface area contributed by atoms with Gasteiger partial charge in [-0.25, -0.2) is 4.98 Å². The first-order chi connectivity index (χ1) is 14.3. The number of aliphatic hydroxyl groups is 1. The lowest BCUT2D eigenvalue weighted by Crippen LogP contribution is -2.41. The fourth-order valence-electron chi connectivity index (χ4n) is 4.58. The third-order valence-electron chi connectivity index (χ3n) is 5.92. The molecule has 0 amide bonds. The van der Waals surface area contributed by atoms with Crippen LogP contribution in [-0.4, -0.2) is 34.2 Å². The van der Waals surface area contributed by atoms with E-state index in [2.05, 4.69) is 45.2 Å². The van der Waals surface area contributed by atoms with Crippen LogP contribution in [0.25, 0.3) is 0 Å². The van der Waals surface area contributed by atoms with E-state index < -0.39 is 0 Å². The Bertz CT molecular complexity index is 1040. The average molecular weight is 402 g/mol. The van der Waals surface area contributed by atoms with Crippen LogP contribution in [0.2, 0.25) is 0 Å². The standard InChI is InChI=1S/C24H23N3OS/c28-16-22-19-10-12-27(15-23-25-11-13-29-23)24(19)20-14-18(8-9-21(20)26-22)7-6-17-4-2-1-3-5-17/h1-5,8-9,11,13-14,19,22,24,26,28H,10,12,15-16H2/t19-,22-,24-/m0/s1. The molecular formula is C24H23N3OS. The van der Waals surface area contributed by atoms with Crippen molar-refractivity contribution in [1.82, 2.24) is 9.88 Å². The molecule has 0 spiro atoms. The lowest BCUT2D eigenvalue weighted by atomic mass is 9.82. The monoisotopic (exact) mass is 401 g/mol. The normalized spacial score (nSPS) is 22.9. The van der Waals surface area contributed by atoms with Gasteiger partial charge in [0.2, 0.25) is 0 Å². The molecule has 1 fully saturated rings. The van der Waals surface area contributed by atoms with E-state index in [1.807, 2.05) is 41.9 Å². The van der Waals surface area contributed by atoms with Crippen LogP contribution in [0, 0.1) is 17.8 Å². The molecule has 0 bridgehead atoms. The van der Waals surface area contributed by atoms with Crippen LogP contribution in [0.3, 0.4) is 0 Å². The van der Waals surface area contributed by atoms with Crippen LogP contribution in [0.5, 0.6) is 0 Å². The fourth-order valence-corrected chi connectivity index (χ4v) is 5.22. The van der Waals surface area contributed by atoms with Gasteiger partial charge in [-0.05, 0) is 48.9 Å². The minimum atomic E-state index is 0.0926. The van der Waals surface area contributed by atoms with E-state index in [4.69, 9.17) is 0 Å². The molecule has 146 valence electrons. The summed E-state index contributed by atoms with van der Waals surface area (Å²) >= 11 is 1.71. The van der Waals surface area contributed by atoms with Gasteiger partial charge in [0.15, 0.2) is 0 Å². The molecule has 2 aliphatic heterocycles. The maximum Gasteiger partial charge on any atom is 0.107 e. The largest absolute Gasteiger partial charge is 0.394 e. The first kappa shape index (κ1) is 18.4. The molecule has 29 heavy (non-hydrogen) atoms. The van der Waals surface area contributed by atoms with Gasteiger partial charge in [-0.2, -0.15) is 0 Å². The smallest absolute Gasteiger partial charge is 0.107 e. The van der Waals surface area contributed by atoms with Crippen LogP contribution < -0.4 is 5.32 Å². The highest BCUT2D eigenvalue weighted by Gasteiger charge is 2.43. The quantitative estimate of drug-likeness (QED) is 0.654. The number of thiazole rings is 1. The maximum absolute atomic E-state index is 9.96. The molecule has 5 rings (SSSR count). The summed E-state index contributed by atoms with van der Waals surface area (Å²) in [4.78, 5) is 7.00. The highest BCUT2D eigenvalue weighted by molar-refractivity contribution is 7.09. The third-order valence-corrected chi connectivity index (χ3v) is 6.68. The minimum Gasteiger partial charge on any atom is -0.394 e. The number of anilines is 1. The molecule has 1 saturated heterocycles.